The van der Waals surface area contributed by atoms with Crippen molar-refractivity contribution in [2.24, 2.45) is 11.8 Å². The second kappa shape index (κ2) is 3.59. The van der Waals surface area contributed by atoms with Crippen LogP contribution in [0.5, 0.6) is 0 Å². The normalized spacial score (nSPS) is 26.4. The van der Waals surface area contributed by atoms with E-state index in [0.717, 1.165) is 45.4 Å². The molecule has 82 valence electrons. The molecule has 1 aliphatic heterocycles. The van der Waals surface area contributed by atoms with Crippen LogP contribution in [0.1, 0.15) is 17.5 Å². The summed E-state index contributed by atoms with van der Waals surface area (Å²) in [4.78, 5) is 6.72. The monoisotopic (exact) mass is 325 g/mol. The molecule has 1 saturated carbocycles. The van der Waals surface area contributed by atoms with Crippen LogP contribution in [0, 0.1) is 33.7 Å². The zero-order valence-electron chi connectivity index (χ0n) is 9.07. The molecule has 16 heavy (non-hydrogen) atoms. The summed E-state index contributed by atoms with van der Waals surface area (Å²) >= 11 is 2.23. The Morgan fingerprint density at radius 1 is 1.50 bits per heavy atom. The first-order chi connectivity index (χ1) is 7.70. The van der Waals surface area contributed by atoms with Crippen LogP contribution in [0.3, 0.4) is 0 Å². The van der Waals surface area contributed by atoms with Crippen molar-refractivity contribution < 1.29 is 0 Å². The number of pyridine rings is 1. The number of hydrogen-bond donors (Lipinski definition) is 0. The van der Waals surface area contributed by atoms with Gasteiger partial charge in [0.05, 0.1) is 5.56 Å². The van der Waals surface area contributed by atoms with Crippen LogP contribution in [-0.4, -0.2) is 18.1 Å². The predicted octanol–water partition coefficient (Wildman–Crippen LogP) is 2.32. The molecule has 0 aromatic carbocycles. The van der Waals surface area contributed by atoms with Crippen molar-refractivity contribution in [1.29, 1.82) is 5.26 Å². The highest BCUT2D eigenvalue weighted by Crippen LogP contribution is 2.46. The third kappa shape index (κ3) is 1.49. The zero-order valence-corrected chi connectivity index (χ0v) is 11.2. The van der Waals surface area contributed by atoms with Gasteiger partial charge in [-0.05, 0) is 53.3 Å². The van der Waals surface area contributed by atoms with E-state index >= 15 is 0 Å². The van der Waals surface area contributed by atoms with E-state index in [1.54, 1.807) is 0 Å². The van der Waals surface area contributed by atoms with Crippen LogP contribution < -0.4 is 4.90 Å². The van der Waals surface area contributed by atoms with Crippen molar-refractivity contribution in [3.8, 4) is 6.07 Å². The molecule has 2 unspecified atom stereocenters. The first kappa shape index (κ1) is 10.3. The topological polar surface area (TPSA) is 39.9 Å². The van der Waals surface area contributed by atoms with E-state index in [-0.39, 0.29) is 0 Å². The summed E-state index contributed by atoms with van der Waals surface area (Å²) in [6, 6.07) is 2.30. The molecule has 2 fully saturated rings. The number of anilines is 1. The SMILES string of the molecule is Cc1c(I)cnc(N2CC3CC3C2)c1C#N. The van der Waals surface area contributed by atoms with Gasteiger partial charge in [0.1, 0.15) is 11.9 Å². The molecule has 1 aromatic rings. The minimum atomic E-state index is 0.758. The Morgan fingerprint density at radius 2 is 2.19 bits per heavy atom. The second-order valence-corrected chi connectivity index (χ2v) is 5.86. The van der Waals surface area contributed by atoms with Gasteiger partial charge in [0.25, 0.3) is 0 Å². The lowest BCUT2D eigenvalue weighted by Gasteiger charge is -2.21. The van der Waals surface area contributed by atoms with Crippen LogP contribution in [0.25, 0.3) is 0 Å². The smallest absolute Gasteiger partial charge is 0.146 e. The molecule has 2 atom stereocenters. The summed E-state index contributed by atoms with van der Waals surface area (Å²) < 4.78 is 1.07. The zero-order chi connectivity index (χ0) is 11.3. The fraction of sp³-hybridized carbons (Fsp3) is 0.500. The van der Waals surface area contributed by atoms with E-state index in [1.165, 1.54) is 6.42 Å². The molecule has 1 saturated heterocycles. The van der Waals surface area contributed by atoms with E-state index < -0.39 is 0 Å². The molecule has 1 aliphatic carbocycles. The molecular weight excluding hydrogens is 313 g/mol. The molecule has 0 radical (unpaired) electrons. The van der Waals surface area contributed by atoms with E-state index in [9.17, 15) is 5.26 Å². The Morgan fingerprint density at radius 3 is 2.81 bits per heavy atom. The van der Waals surface area contributed by atoms with Gasteiger partial charge in [-0.2, -0.15) is 5.26 Å². The molecule has 4 heteroatoms. The Bertz CT molecular complexity index is 482. The first-order valence-corrected chi connectivity index (χ1v) is 6.58. The number of piperidine rings is 1. The predicted molar refractivity (Wildman–Crippen MR) is 70.2 cm³/mol. The minimum Gasteiger partial charge on any atom is -0.355 e. The lowest BCUT2D eigenvalue weighted by molar-refractivity contribution is 0.802. The fourth-order valence-corrected chi connectivity index (χ4v) is 2.92. The van der Waals surface area contributed by atoms with Gasteiger partial charge in [-0.25, -0.2) is 4.98 Å². The average Bonchev–Trinajstić information content (AvgIpc) is 2.89. The molecule has 2 aliphatic rings. The van der Waals surface area contributed by atoms with Gasteiger partial charge in [0.15, 0.2) is 0 Å². The standard InChI is InChI=1S/C12H12IN3/c1-7-10(3-14)12(15-4-11(7)13)16-5-8-2-9(8)6-16/h4,8-9H,2,5-6H2,1H3. The Labute approximate surface area is 109 Å². The number of halogens is 1. The molecule has 0 amide bonds. The molecule has 0 bridgehead atoms. The minimum absolute atomic E-state index is 0.758. The van der Waals surface area contributed by atoms with Crippen molar-refractivity contribution in [3.05, 3.63) is 20.9 Å². The summed E-state index contributed by atoms with van der Waals surface area (Å²) in [5, 5.41) is 9.24. The van der Waals surface area contributed by atoms with Gasteiger partial charge in [0.2, 0.25) is 0 Å². The highest BCUT2D eigenvalue weighted by molar-refractivity contribution is 14.1. The molecule has 3 rings (SSSR count). The number of rotatable bonds is 1. The summed E-state index contributed by atoms with van der Waals surface area (Å²) in [5.74, 6) is 2.63. The van der Waals surface area contributed by atoms with Crippen molar-refractivity contribution >= 4 is 28.4 Å². The second-order valence-electron chi connectivity index (χ2n) is 4.70. The van der Waals surface area contributed by atoms with Gasteiger partial charge in [-0.15, -0.1) is 0 Å². The lowest BCUT2D eigenvalue weighted by atomic mass is 10.1. The van der Waals surface area contributed by atoms with Gasteiger partial charge in [-0.3, -0.25) is 0 Å². The summed E-state index contributed by atoms with van der Waals surface area (Å²) in [6.07, 6.45) is 3.25. The van der Waals surface area contributed by atoms with Gasteiger partial charge in [0, 0.05) is 22.9 Å². The molecule has 0 spiro atoms. The van der Waals surface area contributed by atoms with Gasteiger partial charge in [-0.1, -0.05) is 0 Å². The summed E-state index contributed by atoms with van der Waals surface area (Å²) in [6.45, 7) is 4.18. The van der Waals surface area contributed by atoms with Crippen molar-refractivity contribution in [1.82, 2.24) is 4.98 Å². The summed E-state index contributed by atoms with van der Waals surface area (Å²) in [5.41, 5.74) is 1.82. The number of aromatic nitrogens is 1. The quantitative estimate of drug-likeness (QED) is 0.744. The van der Waals surface area contributed by atoms with E-state index in [1.807, 2.05) is 13.1 Å². The van der Waals surface area contributed by atoms with Crippen LogP contribution in [0.15, 0.2) is 6.20 Å². The molecule has 1 aromatic heterocycles. The molecule has 3 nitrogen and oxygen atoms in total. The van der Waals surface area contributed by atoms with Gasteiger partial charge < -0.3 is 4.90 Å². The van der Waals surface area contributed by atoms with E-state index in [4.69, 9.17) is 0 Å². The average molecular weight is 325 g/mol. The maximum Gasteiger partial charge on any atom is 0.146 e. The van der Waals surface area contributed by atoms with E-state index in [0.29, 0.717) is 0 Å². The lowest BCUT2D eigenvalue weighted by Crippen LogP contribution is -2.24. The van der Waals surface area contributed by atoms with Crippen molar-refractivity contribution in [3.63, 3.8) is 0 Å². The number of hydrogen-bond acceptors (Lipinski definition) is 3. The Balaban J connectivity index is 2.01. The Hall–Kier alpha value is -0.830. The largest absolute Gasteiger partial charge is 0.355 e. The van der Waals surface area contributed by atoms with Crippen LogP contribution >= 0.6 is 22.6 Å². The van der Waals surface area contributed by atoms with Gasteiger partial charge >= 0.3 is 0 Å². The van der Waals surface area contributed by atoms with Crippen LogP contribution in [0.2, 0.25) is 0 Å². The number of nitriles is 1. The fourth-order valence-electron chi connectivity index (χ4n) is 2.51. The maximum absolute atomic E-state index is 9.24. The van der Waals surface area contributed by atoms with E-state index in [2.05, 4.69) is 38.5 Å². The number of fused-ring (bicyclic) bond motifs is 1. The number of nitrogens with zero attached hydrogens (tertiary/aromatic N) is 3. The highest BCUT2D eigenvalue weighted by atomic mass is 127. The van der Waals surface area contributed by atoms with Crippen LogP contribution in [-0.2, 0) is 0 Å². The van der Waals surface area contributed by atoms with Crippen LogP contribution in [0.4, 0.5) is 5.82 Å². The highest BCUT2D eigenvalue weighted by Gasteiger charge is 2.45. The molecule has 2 heterocycles. The van der Waals surface area contributed by atoms with Crippen molar-refractivity contribution in [2.45, 2.75) is 13.3 Å². The maximum atomic E-state index is 9.24. The third-order valence-electron chi connectivity index (χ3n) is 3.65. The molecule has 0 N–H and O–H groups in total. The third-order valence-corrected chi connectivity index (χ3v) is 4.73. The first-order valence-electron chi connectivity index (χ1n) is 5.51. The Kier molecular flexibility index (Phi) is 2.32. The summed E-state index contributed by atoms with van der Waals surface area (Å²) in [7, 11) is 0. The molecular formula is C12H12IN3. The van der Waals surface area contributed by atoms with Crippen molar-refractivity contribution in [2.75, 3.05) is 18.0 Å².